The van der Waals surface area contributed by atoms with Crippen LogP contribution in [0.2, 0.25) is 5.02 Å². The zero-order valence-electron chi connectivity index (χ0n) is 11.0. The van der Waals surface area contributed by atoms with E-state index in [1.807, 2.05) is 6.07 Å². The van der Waals surface area contributed by atoms with Crippen molar-refractivity contribution in [3.63, 3.8) is 0 Å². The summed E-state index contributed by atoms with van der Waals surface area (Å²) in [6.45, 7) is 1.53. The molecule has 0 heterocycles. The van der Waals surface area contributed by atoms with Crippen molar-refractivity contribution in [1.82, 2.24) is 5.32 Å². The van der Waals surface area contributed by atoms with Crippen LogP contribution < -0.4 is 5.32 Å². The first kappa shape index (κ1) is 15.4. The lowest BCUT2D eigenvalue weighted by Gasteiger charge is -2.19. The topological polar surface area (TPSA) is 12.0 Å². The van der Waals surface area contributed by atoms with Crippen molar-refractivity contribution in [2.24, 2.45) is 0 Å². The summed E-state index contributed by atoms with van der Waals surface area (Å²) in [5.41, 5.74) is 1.30. The van der Waals surface area contributed by atoms with E-state index in [0.717, 1.165) is 10.0 Å². The van der Waals surface area contributed by atoms with Crippen molar-refractivity contribution in [3.05, 3.63) is 68.2 Å². The van der Waals surface area contributed by atoms with Gasteiger partial charge < -0.3 is 5.32 Å². The Hall–Kier alpha value is -0.970. The molecule has 0 saturated carbocycles. The highest BCUT2D eigenvalue weighted by molar-refractivity contribution is 9.10. The summed E-state index contributed by atoms with van der Waals surface area (Å²) < 4.78 is 28.6. The van der Waals surface area contributed by atoms with Crippen LogP contribution in [0.1, 0.15) is 22.7 Å². The number of benzene rings is 2. The van der Waals surface area contributed by atoms with Gasteiger partial charge >= 0.3 is 0 Å². The monoisotopic (exact) mass is 359 g/mol. The van der Waals surface area contributed by atoms with Gasteiger partial charge in [0.25, 0.3) is 0 Å². The van der Waals surface area contributed by atoms with Gasteiger partial charge in [0.2, 0.25) is 0 Å². The first-order valence-corrected chi connectivity index (χ1v) is 7.18. The first-order chi connectivity index (χ1) is 9.42. The summed E-state index contributed by atoms with van der Waals surface area (Å²) in [5.74, 6) is -0.873. The van der Waals surface area contributed by atoms with E-state index in [-0.39, 0.29) is 11.1 Å². The van der Waals surface area contributed by atoms with Crippen LogP contribution in [0.5, 0.6) is 0 Å². The normalized spacial score (nSPS) is 12.5. The Morgan fingerprint density at radius 1 is 1.10 bits per heavy atom. The SMILES string of the molecule is CNC(c1cc(Cl)cc(Br)c1)c1cc(F)c(C)cc1F. The Morgan fingerprint density at radius 3 is 2.40 bits per heavy atom. The molecule has 20 heavy (non-hydrogen) atoms. The Labute approximate surface area is 130 Å². The van der Waals surface area contributed by atoms with Crippen LogP contribution in [0.25, 0.3) is 0 Å². The van der Waals surface area contributed by atoms with Gasteiger partial charge in [0.15, 0.2) is 0 Å². The highest BCUT2D eigenvalue weighted by atomic mass is 79.9. The van der Waals surface area contributed by atoms with E-state index in [4.69, 9.17) is 11.6 Å². The second-order valence-electron chi connectivity index (χ2n) is 4.55. The lowest BCUT2D eigenvalue weighted by molar-refractivity contribution is 0.553. The fraction of sp³-hybridized carbons (Fsp3) is 0.200. The average Bonchev–Trinajstić information content (AvgIpc) is 2.35. The third-order valence-electron chi connectivity index (χ3n) is 3.10. The molecule has 1 unspecified atom stereocenters. The van der Waals surface area contributed by atoms with Gasteiger partial charge in [-0.15, -0.1) is 0 Å². The highest BCUT2D eigenvalue weighted by Gasteiger charge is 2.19. The second-order valence-corrected chi connectivity index (χ2v) is 5.90. The Bertz CT molecular complexity index is 626. The molecule has 2 rings (SSSR count). The number of rotatable bonds is 3. The number of hydrogen-bond acceptors (Lipinski definition) is 1. The summed E-state index contributed by atoms with van der Waals surface area (Å²) in [6, 6.07) is 7.24. The summed E-state index contributed by atoms with van der Waals surface area (Å²) in [4.78, 5) is 0. The summed E-state index contributed by atoms with van der Waals surface area (Å²) in [5, 5.41) is 3.52. The van der Waals surface area contributed by atoms with Crippen LogP contribution in [0.3, 0.4) is 0 Å². The molecular formula is C15H13BrClF2N. The molecule has 1 nitrogen and oxygen atoms in total. The molecule has 0 radical (unpaired) electrons. The quantitative estimate of drug-likeness (QED) is 0.812. The van der Waals surface area contributed by atoms with Gasteiger partial charge in [-0.1, -0.05) is 27.5 Å². The molecule has 1 atom stereocenters. The van der Waals surface area contributed by atoms with Crippen molar-refractivity contribution in [2.45, 2.75) is 13.0 Å². The molecule has 0 aliphatic carbocycles. The van der Waals surface area contributed by atoms with Crippen LogP contribution >= 0.6 is 27.5 Å². The first-order valence-electron chi connectivity index (χ1n) is 6.01. The van der Waals surface area contributed by atoms with E-state index in [0.29, 0.717) is 5.02 Å². The van der Waals surface area contributed by atoms with Crippen molar-refractivity contribution in [2.75, 3.05) is 7.05 Å². The van der Waals surface area contributed by atoms with E-state index in [2.05, 4.69) is 21.2 Å². The van der Waals surface area contributed by atoms with Crippen LogP contribution in [-0.2, 0) is 0 Å². The van der Waals surface area contributed by atoms with Crippen LogP contribution in [0.15, 0.2) is 34.8 Å². The molecule has 0 amide bonds. The van der Waals surface area contributed by atoms with E-state index >= 15 is 0 Å². The molecule has 0 saturated heterocycles. The lowest BCUT2D eigenvalue weighted by Crippen LogP contribution is -2.19. The third kappa shape index (κ3) is 3.19. The Balaban J connectivity index is 2.55. The summed E-state index contributed by atoms with van der Waals surface area (Å²) >= 11 is 9.36. The Kier molecular flexibility index (Phi) is 4.78. The molecule has 5 heteroatoms. The largest absolute Gasteiger partial charge is 0.309 e. The van der Waals surface area contributed by atoms with Crippen molar-refractivity contribution >= 4 is 27.5 Å². The molecule has 0 fully saturated rings. The maximum absolute atomic E-state index is 14.1. The maximum Gasteiger partial charge on any atom is 0.128 e. The van der Waals surface area contributed by atoms with Gasteiger partial charge in [0, 0.05) is 15.1 Å². The molecule has 0 bridgehead atoms. The molecule has 2 aromatic carbocycles. The predicted molar refractivity (Wildman–Crippen MR) is 81.1 cm³/mol. The molecule has 0 aliphatic rings. The van der Waals surface area contributed by atoms with Crippen molar-refractivity contribution in [1.29, 1.82) is 0 Å². The molecule has 0 aromatic heterocycles. The van der Waals surface area contributed by atoms with E-state index in [1.54, 1.807) is 19.2 Å². The van der Waals surface area contributed by atoms with Gasteiger partial charge in [0.1, 0.15) is 11.6 Å². The van der Waals surface area contributed by atoms with Crippen LogP contribution in [-0.4, -0.2) is 7.05 Å². The predicted octanol–water partition coefficient (Wildman–Crippen LogP) is 5.00. The lowest BCUT2D eigenvalue weighted by atomic mass is 9.97. The number of aryl methyl sites for hydroxylation is 1. The van der Waals surface area contributed by atoms with Gasteiger partial charge in [0.05, 0.1) is 6.04 Å². The Morgan fingerprint density at radius 2 is 1.80 bits per heavy atom. The maximum atomic E-state index is 14.1. The van der Waals surface area contributed by atoms with Crippen LogP contribution in [0, 0.1) is 18.6 Å². The minimum absolute atomic E-state index is 0.254. The summed E-state index contributed by atoms with van der Waals surface area (Å²) in [7, 11) is 1.69. The van der Waals surface area contributed by atoms with E-state index < -0.39 is 17.7 Å². The number of hydrogen-bond donors (Lipinski definition) is 1. The molecule has 106 valence electrons. The molecular weight excluding hydrogens is 348 g/mol. The smallest absolute Gasteiger partial charge is 0.128 e. The number of nitrogens with one attached hydrogen (secondary N) is 1. The van der Waals surface area contributed by atoms with Gasteiger partial charge in [-0.05, 0) is 55.4 Å². The minimum Gasteiger partial charge on any atom is -0.309 e. The minimum atomic E-state index is -0.472. The van der Waals surface area contributed by atoms with E-state index in [1.165, 1.54) is 19.1 Å². The molecule has 1 N–H and O–H groups in total. The standard InChI is InChI=1S/C15H13BrClF2N/c1-8-3-14(19)12(7-13(8)18)15(20-2)9-4-10(16)6-11(17)5-9/h3-7,15,20H,1-2H3. The fourth-order valence-corrected chi connectivity index (χ4v) is 3.01. The van der Waals surface area contributed by atoms with Gasteiger partial charge in [-0.3, -0.25) is 0 Å². The van der Waals surface area contributed by atoms with E-state index in [9.17, 15) is 8.78 Å². The zero-order chi connectivity index (χ0) is 14.9. The molecule has 0 aliphatic heterocycles. The van der Waals surface area contributed by atoms with Crippen LogP contribution in [0.4, 0.5) is 8.78 Å². The molecule has 2 aromatic rings. The molecule has 0 spiro atoms. The average molecular weight is 361 g/mol. The van der Waals surface area contributed by atoms with Gasteiger partial charge in [-0.25, -0.2) is 8.78 Å². The fourth-order valence-electron chi connectivity index (χ4n) is 2.13. The zero-order valence-corrected chi connectivity index (χ0v) is 13.3. The van der Waals surface area contributed by atoms with Gasteiger partial charge in [-0.2, -0.15) is 0 Å². The number of halogens is 4. The summed E-state index contributed by atoms with van der Waals surface area (Å²) in [6.07, 6.45) is 0. The van der Waals surface area contributed by atoms with Crippen molar-refractivity contribution in [3.8, 4) is 0 Å². The second kappa shape index (κ2) is 6.20. The highest BCUT2D eigenvalue weighted by Crippen LogP contribution is 2.30. The third-order valence-corrected chi connectivity index (χ3v) is 3.77. The van der Waals surface area contributed by atoms with Crippen molar-refractivity contribution < 1.29 is 8.78 Å².